The fourth-order valence-corrected chi connectivity index (χ4v) is 2.52. The van der Waals surface area contributed by atoms with Crippen LogP contribution in [0, 0.1) is 6.92 Å². The monoisotopic (exact) mass is 318 g/mol. The van der Waals surface area contributed by atoms with Gasteiger partial charge in [0.1, 0.15) is 0 Å². The fraction of sp³-hybridized carbons (Fsp3) is 0.312. The minimum Gasteiger partial charge on any atom is -0.310 e. The zero-order valence-corrected chi connectivity index (χ0v) is 12.9. The van der Waals surface area contributed by atoms with Crippen molar-refractivity contribution >= 4 is 15.9 Å². The SMILES string of the molecule is CCNC(Cc1ccc(C)cn1)c1cccc(Br)c1. The largest absolute Gasteiger partial charge is 0.310 e. The Morgan fingerprint density at radius 3 is 2.74 bits per heavy atom. The Bertz CT molecular complexity index is 523. The van der Waals surface area contributed by atoms with Crippen LogP contribution in [0.25, 0.3) is 0 Å². The summed E-state index contributed by atoms with van der Waals surface area (Å²) in [5, 5.41) is 3.53. The van der Waals surface area contributed by atoms with Crippen LogP contribution < -0.4 is 5.32 Å². The van der Waals surface area contributed by atoms with Gasteiger partial charge >= 0.3 is 0 Å². The lowest BCUT2D eigenvalue weighted by Gasteiger charge is -2.18. The van der Waals surface area contributed by atoms with Crippen LogP contribution in [-0.2, 0) is 6.42 Å². The molecule has 100 valence electrons. The number of nitrogens with one attached hydrogen (secondary N) is 1. The summed E-state index contributed by atoms with van der Waals surface area (Å²) in [5.74, 6) is 0. The highest BCUT2D eigenvalue weighted by molar-refractivity contribution is 9.10. The minimum absolute atomic E-state index is 0.303. The van der Waals surface area contributed by atoms with Gasteiger partial charge in [-0.15, -0.1) is 0 Å². The Morgan fingerprint density at radius 1 is 1.26 bits per heavy atom. The molecule has 1 aromatic carbocycles. The van der Waals surface area contributed by atoms with E-state index in [4.69, 9.17) is 0 Å². The molecule has 2 aromatic rings. The Hall–Kier alpha value is -1.19. The first-order valence-electron chi connectivity index (χ1n) is 6.59. The number of hydrogen-bond donors (Lipinski definition) is 1. The average molecular weight is 319 g/mol. The minimum atomic E-state index is 0.303. The van der Waals surface area contributed by atoms with Crippen LogP contribution >= 0.6 is 15.9 Å². The summed E-state index contributed by atoms with van der Waals surface area (Å²) in [6.07, 6.45) is 2.84. The Labute approximate surface area is 123 Å². The molecule has 1 atom stereocenters. The van der Waals surface area contributed by atoms with Crippen molar-refractivity contribution < 1.29 is 0 Å². The van der Waals surface area contributed by atoms with Gasteiger partial charge in [-0.05, 0) is 42.8 Å². The number of halogens is 1. The maximum absolute atomic E-state index is 4.50. The van der Waals surface area contributed by atoms with Crippen molar-refractivity contribution in [2.75, 3.05) is 6.54 Å². The summed E-state index contributed by atoms with van der Waals surface area (Å²) in [5.41, 5.74) is 3.61. The van der Waals surface area contributed by atoms with Gasteiger partial charge in [-0.2, -0.15) is 0 Å². The topological polar surface area (TPSA) is 24.9 Å². The predicted octanol–water partition coefficient (Wildman–Crippen LogP) is 4.05. The number of aryl methyl sites for hydroxylation is 1. The molecule has 0 radical (unpaired) electrons. The Balaban J connectivity index is 2.18. The molecular formula is C16H19BrN2. The zero-order chi connectivity index (χ0) is 13.7. The van der Waals surface area contributed by atoms with Crippen molar-refractivity contribution in [2.45, 2.75) is 26.3 Å². The number of benzene rings is 1. The third-order valence-corrected chi connectivity index (χ3v) is 3.58. The van der Waals surface area contributed by atoms with E-state index in [1.165, 1.54) is 11.1 Å². The molecule has 19 heavy (non-hydrogen) atoms. The van der Waals surface area contributed by atoms with E-state index in [2.05, 4.69) is 76.5 Å². The lowest BCUT2D eigenvalue weighted by atomic mass is 10.0. The maximum Gasteiger partial charge on any atom is 0.0422 e. The molecule has 3 heteroatoms. The molecule has 0 aliphatic heterocycles. The zero-order valence-electron chi connectivity index (χ0n) is 11.4. The second-order valence-corrected chi connectivity index (χ2v) is 5.61. The van der Waals surface area contributed by atoms with Gasteiger partial charge in [-0.1, -0.05) is 41.1 Å². The van der Waals surface area contributed by atoms with Crippen LogP contribution in [0.3, 0.4) is 0 Å². The van der Waals surface area contributed by atoms with Crippen LogP contribution in [0.5, 0.6) is 0 Å². The second kappa shape index (κ2) is 6.83. The van der Waals surface area contributed by atoms with Gasteiger partial charge < -0.3 is 5.32 Å². The number of likely N-dealkylation sites (N-methyl/N-ethyl adjacent to an activating group) is 1. The van der Waals surface area contributed by atoms with Crippen LogP contribution in [0.2, 0.25) is 0 Å². The van der Waals surface area contributed by atoms with Gasteiger partial charge in [0.15, 0.2) is 0 Å². The summed E-state index contributed by atoms with van der Waals surface area (Å²) in [4.78, 5) is 4.50. The van der Waals surface area contributed by atoms with Crippen molar-refractivity contribution in [3.63, 3.8) is 0 Å². The van der Waals surface area contributed by atoms with E-state index in [1.807, 2.05) is 6.20 Å². The van der Waals surface area contributed by atoms with E-state index < -0.39 is 0 Å². The summed E-state index contributed by atoms with van der Waals surface area (Å²) >= 11 is 3.53. The summed E-state index contributed by atoms with van der Waals surface area (Å²) in [7, 11) is 0. The molecule has 1 aromatic heterocycles. The molecule has 1 unspecified atom stereocenters. The molecule has 1 heterocycles. The number of aromatic nitrogens is 1. The molecule has 2 nitrogen and oxygen atoms in total. The van der Waals surface area contributed by atoms with Crippen LogP contribution in [0.15, 0.2) is 47.1 Å². The van der Waals surface area contributed by atoms with E-state index in [-0.39, 0.29) is 0 Å². The highest BCUT2D eigenvalue weighted by atomic mass is 79.9. The molecule has 0 saturated heterocycles. The summed E-state index contributed by atoms with van der Waals surface area (Å²) in [6, 6.07) is 13.0. The summed E-state index contributed by atoms with van der Waals surface area (Å²) in [6.45, 7) is 5.14. The van der Waals surface area contributed by atoms with Crippen molar-refractivity contribution in [1.82, 2.24) is 10.3 Å². The number of pyridine rings is 1. The second-order valence-electron chi connectivity index (χ2n) is 4.70. The normalized spacial score (nSPS) is 12.4. The average Bonchev–Trinajstić information content (AvgIpc) is 2.41. The Morgan fingerprint density at radius 2 is 2.11 bits per heavy atom. The first-order chi connectivity index (χ1) is 9.19. The molecule has 0 spiro atoms. The predicted molar refractivity (Wildman–Crippen MR) is 83.2 cm³/mol. The van der Waals surface area contributed by atoms with Crippen LogP contribution in [0.1, 0.15) is 29.8 Å². The standard InChI is InChI=1S/C16H19BrN2/c1-3-18-16(13-5-4-6-14(17)9-13)10-15-8-7-12(2)11-19-15/h4-9,11,16,18H,3,10H2,1-2H3. The van der Waals surface area contributed by atoms with Gasteiger partial charge in [0, 0.05) is 28.8 Å². The molecule has 0 bridgehead atoms. The van der Waals surface area contributed by atoms with E-state index >= 15 is 0 Å². The fourth-order valence-electron chi connectivity index (χ4n) is 2.11. The molecule has 2 rings (SSSR count). The van der Waals surface area contributed by atoms with Crippen molar-refractivity contribution in [1.29, 1.82) is 0 Å². The summed E-state index contributed by atoms with van der Waals surface area (Å²) < 4.78 is 1.12. The molecule has 1 N–H and O–H groups in total. The number of rotatable bonds is 5. The highest BCUT2D eigenvalue weighted by Gasteiger charge is 2.12. The van der Waals surface area contributed by atoms with Crippen molar-refractivity contribution in [2.24, 2.45) is 0 Å². The molecule has 0 aliphatic carbocycles. The highest BCUT2D eigenvalue weighted by Crippen LogP contribution is 2.21. The lowest BCUT2D eigenvalue weighted by Crippen LogP contribution is -2.23. The first-order valence-corrected chi connectivity index (χ1v) is 7.38. The van der Waals surface area contributed by atoms with Crippen molar-refractivity contribution in [3.05, 3.63) is 63.9 Å². The van der Waals surface area contributed by atoms with Crippen LogP contribution in [0.4, 0.5) is 0 Å². The quantitative estimate of drug-likeness (QED) is 0.899. The van der Waals surface area contributed by atoms with Gasteiger partial charge in [0.05, 0.1) is 0 Å². The van der Waals surface area contributed by atoms with Gasteiger partial charge in [0.2, 0.25) is 0 Å². The smallest absolute Gasteiger partial charge is 0.0422 e. The van der Waals surface area contributed by atoms with Crippen molar-refractivity contribution in [3.8, 4) is 0 Å². The van der Waals surface area contributed by atoms with E-state index in [0.717, 1.165) is 23.1 Å². The third-order valence-electron chi connectivity index (χ3n) is 3.09. The van der Waals surface area contributed by atoms with Gasteiger partial charge in [-0.25, -0.2) is 0 Å². The van der Waals surface area contributed by atoms with E-state index in [0.29, 0.717) is 6.04 Å². The lowest BCUT2D eigenvalue weighted by molar-refractivity contribution is 0.544. The van der Waals surface area contributed by atoms with Gasteiger partial charge in [-0.3, -0.25) is 4.98 Å². The Kier molecular flexibility index (Phi) is 5.11. The van der Waals surface area contributed by atoms with Crippen LogP contribution in [-0.4, -0.2) is 11.5 Å². The van der Waals surface area contributed by atoms with E-state index in [9.17, 15) is 0 Å². The van der Waals surface area contributed by atoms with E-state index in [1.54, 1.807) is 0 Å². The number of nitrogens with zero attached hydrogens (tertiary/aromatic N) is 1. The first kappa shape index (κ1) is 14.2. The molecule has 0 saturated carbocycles. The molecule has 0 amide bonds. The molecular weight excluding hydrogens is 300 g/mol. The molecule has 0 aliphatic rings. The molecule has 0 fully saturated rings. The van der Waals surface area contributed by atoms with Gasteiger partial charge in [0.25, 0.3) is 0 Å². The number of hydrogen-bond acceptors (Lipinski definition) is 2. The maximum atomic E-state index is 4.50. The third kappa shape index (κ3) is 4.15.